The van der Waals surface area contributed by atoms with Gasteiger partial charge in [0, 0.05) is 37.1 Å². The molecule has 1 atom stereocenters. The fraction of sp³-hybridized carbons (Fsp3) is 0.435. The molecule has 0 spiro atoms. The summed E-state index contributed by atoms with van der Waals surface area (Å²) in [7, 11) is 0. The molecule has 1 aliphatic heterocycles. The van der Waals surface area contributed by atoms with Crippen LogP contribution in [0.4, 0.5) is 33.6 Å². The summed E-state index contributed by atoms with van der Waals surface area (Å²) in [4.78, 5) is 17.1. The lowest BCUT2D eigenvalue weighted by Gasteiger charge is -2.35. The molecule has 11 heteroatoms. The van der Waals surface area contributed by atoms with Crippen LogP contribution in [0.5, 0.6) is 0 Å². The van der Waals surface area contributed by atoms with Crippen LogP contribution in [0.15, 0.2) is 30.5 Å². The van der Waals surface area contributed by atoms with Crippen LogP contribution in [-0.2, 0) is 0 Å². The van der Waals surface area contributed by atoms with Gasteiger partial charge in [0.15, 0.2) is 0 Å². The van der Waals surface area contributed by atoms with Crippen LogP contribution < -0.4 is 10.2 Å². The SMILES string of the molecule is Cc1nc(N[C@H](C)c2cccc(C(F)F)c2F)c2cc(N3CCN(CC(F)F)CC3)ncc2n1. The molecule has 0 radical (unpaired) electrons. The quantitative estimate of drug-likeness (QED) is 0.482. The topological polar surface area (TPSA) is 57.2 Å². The van der Waals surface area contributed by atoms with Crippen molar-refractivity contribution in [2.75, 3.05) is 42.9 Å². The van der Waals surface area contributed by atoms with Crippen LogP contribution in [0.25, 0.3) is 10.9 Å². The van der Waals surface area contributed by atoms with Gasteiger partial charge in [0.1, 0.15) is 23.3 Å². The van der Waals surface area contributed by atoms with E-state index >= 15 is 0 Å². The Labute approximate surface area is 193 Å². The lowest BCUT2D eigenvalue weighted by Crippen LogP contribution is -2.48. The van der Waals surface area contributed by atoms with Crippen molar-refractivity contribution in [1.82, 2.24) is 19.9 Å². The summed E-state index contributed by atoms with van der Waals surface area (Å²) in [5, 5.41) is 3.78. The summed E-state index contributed by atoms with van der Waals surface area (Å²) in [5.74, 6) is 0.603. The average molecular weight is 480 g/mol. The maximum absolute atomic E-state index is 14.7. The summed E-state index contributed by atoms with van der Waals surface area (Å²) in [6.45, 7) is 5.21. The van der Waals surface area contributed by atoms with E-state index < -0.39 is 30.3 Å². The zero-order chi connectivity index (χ0) is 24.4. The van der Waals surface area contributed by atoms with Crippen molar-refractivity contribution in [3.8, 4) is 0 Å². The molecule has 0 saturated carbocycles. The first-order chi connectivity index (χ1) is 16.2. The molecule has 1 aromatic carbocycles. The van der Waals surface area contributed by atoms with E-state index in [4.69, 9.17) is 0 Å². The summed E-state index contributed by atoms with van der Waals surface area (Å²) < 4.78 is 66.2. The van der Waals surface area contributed by atoms with Crippen LogP contribution >= 0.6 is 0 Å². The summed E-state index contributed by atoms with van der Waals surface area (Å²) in [5.41, 5.74) is 0.0306. The van der Waals surface area contributed by atoms with Crippen molar-refractivity contribution in [3.05, 3.63) is 53.2 Å². The molecular weight excluding hydrogens is 455 g/mol. The predicted molar refractivity (Wildman–Crippen MR) is 120 cm³/mol. The van der Waals surface area contributed by atoms with Crippen LogP contribution in [0.2, 0.25) is 0 Å². The highest BCUT2D eigenvalue weighted by molar-refractivity contribution is 5.90. The number of nitrogens with one attached hydrogen (secondary N) is 1. The van der Waals surface area contributed by atoms with Gasteiger partial charge in [0.05, 0.1) is 29.9 Å². The van der Waals surface area contributed by atoms with Crippen molar-refractivity contribution in [3.63, 3.8) is 0 Å². The Balaban J connectivity index is 1.60. The Morgan fingerprint density at radius 2 is 1.74 bits per heavy atom. The van der Waals surface area contributed by atoms with Crippen molar-refractivity contribution in [2.45, 2.75) is 32.7 Å². The highest BCUT2D eigenvalue weighted by Crippen LogP contribution is 2.31. The van der Waals surface area contributed by atoms with Crippen molar-refractivity contribution < 1.29 is 22.0 Å². The van der Waals surface area contributed by atoms with Gasteiger partial charge in [-0.2, -0.15) is 0 Å². The molecule has 1 N–H and O–H groups in total. The number of pyridine rings is 1. The maximum atomic E-state index is 14.7. The number of aromatic nitrogens is 3. The molecule has 34 heavy (non-hydrogen) atoms. The number of nitrogens with zero attached hydrogens (tertiary/aromatic N) is 5. The Kier molecular flexibility index (Phi) is 7.11. The number of alkyl halides is 4. The molecule has 3 heterocycles. The summed E-state index contributed by atoms with van der Waals surface area (Å²) in [6, 6.07) is 5.08. The second-order valence-electron chi connectivity index (χ2n) is 8.27. The fourth-order valence-electron chi connectivity index (χ4n) is 4.13. The molecule has 3 aromatic rings. The second-order valence-corrected chi connectivity index (χ2v) is 8.27. The minimum atomic E-state index is -2.91. The third kappa shape index (κ3) is 5.19. The number of hydrogen-bond donors (Lipinski definition) is 1. The molecule has 0 aliphatic carbocycles. The second kappa shape index (κ2) is 10.0. The molecule has 4 rings (SSSR count). The number of rotatable bonds is 7. The van der Waals surface area contributed by atoms with Gasteiger partial charge in [-0.15, -0.1) is 0 Å². The number of anilines is 2. The van der Waals surface area contributed by atoms with Crippen molar-refractivity contribution in [2.24, 2.45) is 0 Å². The molecular formula is C23H25F5N6. The van der Waals surface area contributed by atoms with Gasteiger partial charge in [-0.3, -0.25) is 4.90 Å². The van der Waals surface area contributed by atoms with E-state index in [1.54, 1.807) is 31.0 Å². The van der Waals surface area contributed by atoms with E-state index in [2.05, 4.69) is 20.3 Å². The van der Waals surface area contributed by atoms with Gasteiger partial charge < -0.3 is 10.2 Å². The molecule has 0 unspecified atom stereocenters. The van der Waals surface area contributed by atoms with Gasteiger partial charge in [-0.05, 0) is 19.9 Å². The number of hydrogen-bond acceptors (Lipinski definition) is 6. The highest BCUT2D eigenvalue weighted by atomic mass is 19.3. The van der Waals surface area contributed by atoms with Crippen molar-refractivity contribution in [1.29, 1.82) is 0 Å². The first-order valence-corrected chi connectivity index (χ1v) is 11.0. The monoisotopic (exact) mass is 480 g/mol. The molecule has 1 fully saturated rings. The number of fused-ring (bicyclic) bond motifs is 1. The number of aryl methyl sites for hydroxylation is 1. The zero-order valence-corrected chi connectivity index (χ0v) is 18.8. The highest BCUT2D eigenvalue weighted by Gasteiger charge is 2.23. The molecule has 0 bridgehead atoms. The predicted octanol–water partition coefficient (Wildman–Crippen LogP) is 4.97. The van der Waals surface area contributed by atoms with E-state index in [0.717, 1.165) is 6.07 Å². The fourth-order valence-corrected chi connectivity index (χ4v) is 4.13. The van der Waals surface area contributed by atoms with Crippen LogP contribution in [0.1, 0.15) is 36.3 Å². The Morgan fingerprint density at radius 3 is 2.41 bits per heavy atom. The first kappa shape index (κ1) is 24.1. The van der Waals surface area contributed by atoms with Gasteiger partial charge in [0.25, 0.3) is 12.9 Å². The van der Waals surface area contributed by atoms with E-state index in [9.17, 15) is 22.0 Å². The number of halogens is 5. The van der Waals surface area contributed by atoms with E-state index in [-0.39, 0.29) is 12.1 Å². The number of piperazine rings is 1. The van der Waals surface area contributed by atoms with Gasteiger partial charge in [-0.25, -0.2) is 36.9 Å². The molecule has 0 amide bonds. The summed E-state index contributed by atoms with van der Waals surface area (Å²) >= 11 is 0. The molecule has 2 aromatic heterocycles. The third-order valence-corrected chi connectivity index (χ3v) is 5.89. The van der Waals surface area contributed by atoms with Gasteiger partial charge >= 0.3 is 0 Å². The zero-order valence-electron chi connectivity index (χ0n) is 18.8. The van der Waals surface area contributed by atoms with E-state index in [0.29, 0.717) is 54.5 Å². The van der Waals surface area contributed by atoms with Gasteiger partial charge in [-0.1, -0.05) is 18.2 Å². The minimum Gasteiger partial charge on any atom is -0.363 e. The van der Waals surface area contributed by atoms with Crippen LogP contribution in [0, 0.1) is 12.7 Å². The lowest BCUT2D eigenvalue weighted by atomic mass is 10.0. The Morgan fingerprint density at radius 1 is 1.03 bits per heavy atom. The lowest BCUT2D eigenvalue weighted by molar-refractivity contribution is 0.0853. The largest absolute Gasteiger partial charge is 0.363 e. The van der Waals surface area contributed by atoms with Crippen LogP contribution in [0.3, 0.4) is 0 Å². The normalized spacial score (nSPS) is 16.0. The maximum Gasteiger partial charge on any atom is 0.266 e. The molecule has 1 saturated heterocycles. The Bertz CT molecular complexity index is 1150. The molecule has 6 nitrogen and oxygen atoms in total. The van der Waals surface area contributed by atoms with E-state index in [1.165, 1.54) is 12.1 Å². The summed E-state index contributed by atoms with van der Waals surface area (Å²) in [6.07, 6.45) is -3.67. The smallest absolute Gasteiger partial charge is 0.266 e. The number of benzene rings is 1. The third-order valence-electron chi connectivity index (χ3n) is 5.89. The molecule has 1 aliphatic rings. The standard InChI is InChI=1S/C23H25F5N6/c1-13(15-4-3-5-16(21(15)26)22(27)28)30-23-17-10-20(29-11-18(17)31-14(2)32-23)34-8-6-33(7-9-34)12-19(24)25/h3-5,10-11,13,19,22H,6-9,12H2,1-2H3,(H,30,31,32)/t13-/m1/s1. The van der Waals surface area contributed by atoms with Gasteiger partial charge in [0.2, 0.25) is 0 Å². The first-order valence-electron chi connectivity index (χ1n) is 11.0. The van der Waals surface area contributed by atoms with Crippen LogP contribution in [-0.4, -0.2) is 59.0 Å². The van der Waals surface area contributed by atoms with Crippen molar-refractivity contribution >= 4 is 22.5 Å². The minimum absolute atomic E-state index is 0.103. The Hall–Kier alpha value is -3.08. The average Bonchev–Trinajstić information content (AvgIpc) is 2.79. The van der Waals surface area contributed by atoms with E-state index in [1.807, 2.05) is 4.90 Å². The molecule has 182 valence electrons.